The van der Waals surface area contributed by atoms with Gasteiger partial charge in [0.25, 0.3) is 0 Å². The third kappa shape index (κ3) is 2.31. The molecule has 0 atom stereocenters. The maximum absolute atomic E-state index is 14.8. The summed E-state index contributed by atoms with van der Waals surface area (Å²) in [6.45, 7) is 5.83. The Bertz CT molecular complexity index is 397. The monoisotopic (exact) mass is 250 g/mol. The highest BCUT2D eigenvalue weighted by molar-refractivity contribution is 5.23. The van der Waals surface area contributed by atoms with E-state index in [9.17, 15) is 9.50 Å². The first-order valence-electron chi connectivity index (χ1n) is 6.74. The van der Waals surface area contributed by atoms with Crippen molar-refractivity contribution in [3.63, 3.8) is 0 Å². The molecule has 0 amide bonds. The lowest BCUT2D eigenvalue weighted by atomic mass is 9.65. The van der Waals surface area contributed by atoms with Gasteiger partial charge < -0.3 is 5.11 Å². The molecule has 2 rings (SSSR count). The van der Waals surface area contributed by atoms with E-state index in [1.165, 1.54) is 0 Å². The molecule has 1 aliphatic carbocycles. The second kappa shape index (κ2) is 4.34. The van der Waals surface area contributed by atoms with Crippen molar-refractivity contribution in [1.82, 2.24) is 0 Å². The van der Waals surface area contributed by atoms with Crippen LogP contribution in [0.5, 0.6) is 0 Å². The van der Waals surface area contributed by atoms with Crippen LogP contribution in [0.3, 0.4) is 0 Å². The van der Waals surface area contributed by atoms with Crippen LogP contribution in [0.25, 0.3) is 0 Å². The molecule has 1 aliphatic rings. The second-order valence-electron chi connectivity index (χ2n) is 6.61. The largest absolute Gasteiger partial charge is 0.385 e. The molecular formula is C16H23FO. The van der Waals surface area contributed by atoms with Gasteiger partial charge >= 0.3 is 0 Å². The standard InChI is InChI=1S/C16H23FO/c1-14(2,3)16(17)11-9-15(18,10-12-16)13-7-5-4-6-8-13/h4-8,18H,9-12H2,1-3H3. The van der Waals surface area contributed by atoms with Gasteiger partial charge in [-0.1, -0.05) is 51.1 Å². The van der Waals surface area contributed by atoms with E-state index < -0.39 is 11.3 Å². The minimum Gasteiger partial charge on any atom is -0.385 e. The topological polar surface area (TPSA) is 20.2 Å². The molecule has 0 saturated heterocycles. The lowest BCUT2D eigenvalue weighted by Crippen LogP contribution is -2.46. The number of hydrogen-bond donors (Lipinski definition) is 1. The Labute approximate surface area is 109 Å². The number of hydrogen-bond acceptors (Lipinski definition) is 1. The van der Waals surface area contributed by atoms with E-state index in [1.54, 1.807) is 0 Å². The van der Waals surface area contributed by atoms with Gasteiger partial charge in [0.1, 0.15) is 5.67 Å². The summed E-state index contributed by atoms with van der Waals surface area (Å²) < 4.78 is 14.8. The third-order valence-electron chi connectivity index (χ3n) is 4.52. The van der Waals surface area contributed by atoms with Gasteiger partial charge in [-0.3, -0.25) is 0 Å². The maximum Gasteiger partial charge on any atom is 0.116 e. The number of rotatable bonds is 1. The molecule has 0 heterocycles. The molecule has 1 aromatic rings. The average molecular weight is 250 g/mol. The summed E-state index contributed by atoms with van der Waals surface area (Å²) in [4.78, 5) is 0. The van der Waals surface area contributed by atoms with Crippen molar-refractivity contribution in [3.8, 4) is 0 Å². The van der Waals surface area contributed by atoms with Crippen LogP contribution in [0.4, 0.5) is 4.39 Å². The van der Waals surface area contributed by atoms with Crippen molar-refractivity contribution in [2.45, 2.75) is 57.7 Å². The highest BCUT2D eigenvalue weighted by Crippen LogP contribution is 2.50. The maximum atomic E-state index is 14.8. The van der Waals surface area contributed by atoms with E-state index in [0.29, 0.717) is 25.7 Å². The zero-order chi connectivity index (χ0) is 13.4. The quantitative estimate of drug-likeness (QED) is 0.792. The lowest BCUT2D eigenvalue weighted by molar-refractivity contribution is -0.0886. The third-order valence-corrected chi connectivity index (χ3v) is 4.52. The molecule has 0 spiro atoms. The number of halogens is 1. The van der Waals surface area contributed by atoms with Crippen LogP contribution in [0.1, 0.15) is 52.0 Å². The summed E-state index contributed by atoms with van der Waals surface area (Å²) in [5.74, 6) is 0. The van der Waals surface area contributed by atoms with Crippen LogP contribution in [0.15, 0.2) is 30.3 Å². The van der Waals surface area contributed by atoms with Crippen molar-refractivity contribution in [3.05, 3.63) is 35.9 Å². The Morgan fingerprint density at radius 3 is 1.94 bits per heavy atom. The lowest BCUT2D eigenvalue weighted by Gasteiger charge is -2.46. The Morgan fingerprint density at radius 2 is 1.50 bits per heavy atom. The molecule has 18 heavy (non-hydrogen) atoms. The molecule has 1 fully saturated rings. The summed E-state index contributed by atoms with van der Waals surface area (Å²) in [6, 6.07) is 9.65. The minimum absolute atomic E-state index is 0.356. The fourth-order valence-electron chi connectivity index (χ4n) is 2.85. The van der Waals surface area contributed by atoms with Crippen LogP contribution >= 0.6 is 0 Å². The van der Waals surface area contributed by atoms with Crippen LogP contribution in [-0.2, 0) is 5.60 Å². The smallest absolute Gasteiger partial charge is 0.116 e. The van der Waals surface area contributed by atoms with Crippen molar-refractivity contribution in [1.29, 1.82) is 0 Å². The SMILES string of the molecule is CC(C)(C)C1(F)CCC(O)(c2ccccc2)CC1. The predicted octanol–water partition coefficient (Wildman–Crippen LogP) is 4.20. The van der Waals surface area contributed by atoms with Crippen LogP contribution < -0.4 is 0 Å². The minimum atomic E-state index is -1.16. The van der Waals surface area contributed by atoms with E-state index in [2.05, 4.69) is 0 Å². The first-order valence-corrected chi connectivity index (χ1v) is 6.74. The van der Waals surface area contributed by atoms with Gasteiger partial charge in [0.15, 0.2) is 0 Å². The average Bonchev–Trinajstić information content (AvgIpc) is 2.33. The molecule has 0 aliphatic heterocycles. The summed E-state index contributed by atoms with van der Waals surface area (Å²) in [7, 11) is 0. The van der Waals surface area contributed by atoms with E-state index in [0.717, 1.165) is 5.56 Å². The summed E-state index contributed by atoms with van der Waals surface area (Å²) >= 11 is 0. The first kappa shape index (κ1) is 13.5. The van der Waals surface area contributed by atoms with Crippen LogP contribution in [0, 0.1) is 5.41 Å². The van der Waals surface area contributed by atoms with E-state index in [4.69, 9.17) is 0 Å². The number of alkyl halides is 1. The molecule has 2 heteroatoms. The predicted molar refractivity (Wildman–Crippen MR) is 72.1 cm³/mol. The van der Waals surface area contributed by atoms with E-state index in [1.807, 2.05) is 51.1 Å². The summed E-state index contributed by atoms with van der Waals surface area (Å²) in [5.41, 5.74) is -1.44. The molecule has 1 aromatic carbocycles. The van der Waals surface area contributed by atoms with Gasteiger partial charge in [-0.05, 0) is 36.7 Å². The van der Waals surface area contributed by atoms with Gasteiger partial charge in [-0.15, -0.1) is 0 Å². The summed E-state index contributed by atoms with van der Waals surface area (Å²) in [6.07, 6.45) is 1.87. The van der Waals surface area contributed by atoms with Crippen molar-refractivity contribution >= 4 is 0 Å². The molecule has 0 radical (unpaired) electrons. The normalized spacial score (nSPS) is 33.4. The Morgan fingerprint density at radius 1 is 1.00 bits per heavy atom. The number of benzene rings is 1. The van der Waals surface area contributed by atoms with Gasteiger partial charge in [0.05, 0.1) is 5.60 Å². The molecule has 1 saturated carbocycles. The van der Waals surface area contributed by atoms with Gasteiger partial charge in [-0.25, -0.2) is 4.39 Å². The molecule has 0 unspecified atom stereocenters. The Balaban J connectivity index is 2.16. The molecule has 1 nitrogen and oxygen atoms in total. The molecular weight excluding hydrogens is 227 g/mol. The fraction of sp³-hybridized carbons (Fsp3) is 0.625. The molecule has 0 aromatic heterocycles. The fourth-order valence-corrected chi connectivity index (χ4v) is 2.85. The van der Waals surface area contributed by atoms with Gasteiger partial charge in [-0.2, -0.15) is 0 Å². The summed E-state index contributed by atoms with van der Waals surface area (Å²) in [5, 5.41) is 10.7. The van der Waals surface area contributed by atoms with Crippen molar-refractivity contribution in [2.24, 2.45) is 5.41 Å². The zero-order valence-corrected chi connectivity index (χ0v) is 11.5. The highest BCUT2D eigenvalue weighted by atomic mass is 19.1. The van der Waals surface area contributed by atoms with Crippen molar-refractivity contribution in [2.75, 3.05) is 0 Å². The van der Waals surface area contributed by atoms with Gasteiger partial charge in [0, 0.05) is 0 Å². The van der Waals surface area contributed by atoms with E-state index >= 15 is 0 Å². The van der Waals surface area contributed by atoms with Crippen LogP contribution in [-0.4, -0.2) is 10.8 Å². The number of aliphatic hydroxyl groups is 1. The second-order valence-corrected chi connectivity index (χ2v) is 6.61. The van der Waals surface area contributed by atoms with E-state index in [-0.39, 0.29) is 5.41 Å². The Kier molecular flexibility index (Phi) is 3.26. The van der Waals surface area contributed by atoms with Gasteiger partial charge in [0.2, 0.25) is 0 Å². The Hall–Kier alpha value is -0.890. The molecule has 1 N–H and O–H groups in total. The van der Waals surface area contributed by atoms with Crippen molar-refractivity contribution < 1.29 is 9.50 Å². The van der Waals surface area contributed by atoms with Crippen LogP contribution in [0.2, 0.25) is 0 Å². The molecule has 100 valence electrons. The highest BCUT2D eigenvalue weighted by Gasteiger charge is 2.49. The first-order chi connectivity index (χ1) is 8.27. The molecule has 0 bridgehead atoms. The zero-order valence-electron chi connectivity index (χ0n) is 11.5.